The number of fused-ring (bicyclic) bond motifs is 1. The fourth-order valence-electron chi connectivity index (χ4n) is 4.18. The lowest BCUT2D eigenvalue weighted by Gasteiger charge is -2.25. The highest BCUT2D eigenvalue weighted by Crippen LogP contribution is 2.26. The SMILES string of the molecule is O=C(c1cccs1)N(CCN1CCCC1)Cc1cc(-c2ccc3n[nH]nc3c2)ccc1F. The molecule has 3 heterocycles. The van der Waals surface area contributed by atoms with Crippen LogP contribution in [0.1, 0.15) is 28.1 Å². The molecule has 4 aromatic rings. The van der Waals surface area contributed by atoms with E-state index in [2.05, 4.69) is 20.3 Å². The van der Waals surface area contributed by atoms with Gasteiger partial charge in [-0.1, -0.05) is 18.2 Å². The smallest absolute Gasteiger partial charge is 0.264 e. The van der Waals surface area contributed by atoms with Crippen LogP contribution in [0.4, 0.5) is 4.39 Å². The Morgan fingerprint density at radius 3 is 2.66 bits per heavy atom. The van der Waals surface area contributed by atoms with Crippen LogP contribution in [-0.4, -0.2) is 57.3 Å². The van der Waals surface area contributed by atoms with Crippen LogP contribution in [-0.2, 0) is 6.54 Å². The Morgan fingerprint density at radius 1 is 1.06 bits per heavy atom. The van der Waals surface area contributed by atoms with Gasteiger partial charge in [0.2, 0.25) is 0 Å². The second-order valence-corrected chi connectivity index (χ2v) is 9.03. The number of hydrogen-bond donors (Lipinski definition) is 1. The molecule has 6 nitrogen and oxygen atoms in total. The van der Waals surface area contributed by atoms with E-state index in [0.717, 1.165) is 41.8 Å². The number of halogens is 1. The monoisotopic (exact) mass is 449 g/mol. The minimum atomic E-state index is -0.304. The van der Waals surface area contributed by atoms with Gasteiger partial charge in [0.05, 0.1) is 4.88 Å². The highest BCUT2D eigenvalue weighted by molar-refractivity contribution is 7.12. The zero-order chi connectivity index (χ0) is 21.9. The standard InChI is InChI=1S/C24H24FN5OS/c25-20-7-5-17(18-6-8-21-22(15-18)27-28-26-21)14-19(20)16-30(12-11-29-9-1-2-10-29)24(31)23-4-3-13-32-23/h3-8,13-15H,1-2,9-12,16H2,(H,26,27,28). The van der Waals surface area contributed by atoms with Gasteiger partial charge in [-0.3, -0.25) is 4.79 Å². The number of carbonyl (C=O) groups excluding carboxylic acids is 1. The summed E-state index contributed by atoms with van der Waals surface area (Å²) < 4.78 is 14.8. The second-order valence-electron chi connectivity index (χ2n) is 8.09. The van der Waals surface area contributed by atoms with E-state index < -0.39 is 0 Å². The van der Waals surface area contributed by atoms with Crippen LogP contribution in [0, 0.1) is 5.82 Å². The number of amides is 1. The largest absolute Gasteiger partial charge is 0.332 e. The van der Waals surface area contributed by atoms with E-state index in [4.69, 9.17) is 0 Å². The number of carbonyl (C=O) groups is 1. The Morgan fingerprint density at radius 2 is 1.84 bits per heavy atom. The van der Waals surface area contributed by atoms with Gasteiger partial charge in [0, 0.05) is 25.2 Å². The van der Waals surface area contributed by atoms with Gasteiger partial charge in [0.15, 0.2) is 0 Å². The van der Waals surface area contributed by atoms with Gasteiger partial charge in [0.1, 0.15) is 16.9 Å². The first-order chi connectivity index (χ1) is 15.7. The van der Waals surface area contributed by atoms with Crippen molar-refractivity contribution in [2.75, 3.05) is 26.2 Å². The van der Waals surface area contributed by atoms with Crippen molar-refractivity contribution < 1.29 is 9.18 Å². The summed E-state index contributed by atoms with van der Waals surface area (Å²) in [7, 11) is 0. The van der Waals surface area contributed by atoms with Gasteiger partial charge < -0.3 is 9.80 Å². The average Bonchev–Trinajstić information content (AvgIpc) is 3.59. The zero-order valence-electron chi connectivity index (χ0n) is 17.6. The predicted molar refractivity (Wildman–Crippen MR) is 124 cm³/mol. The third-order valence-electron chi connectivity index (χ3n) is 5.96. The lowest BCUT2D eigenvalue weighted by Crippen LogP contribution is -2.37. The molecule has 0 unspecified atom stereocenters. The molecule has 5 rings (SSSR count). The van der Waals surface area contributed by atoms with E-state index in [1.165, 1.54) is 30.2 Å². The molecule has 0 aliphatic carbocycles. The van der Waals surface area contributed by atoms with E-state index in [-0.39, 0.29) is 18.3 Å². The quantitative estimate of drug-likeness (QED) is 0.449. The number of aromatic nitrogens is 3. The number of benzene rings is 2. The van der Waals surface area contributed by atoms with Gasteiger partial charge in [-0.2, -0.15) is 15.4 Å². The van der Waals surface area contributed by atoms with Gasteiger partial charge in [-0.15, -0.1) is 11.3 Å². The Balaban J connectivity index is 1.41. The molecule has 8 heteroatoms. The van der Waals surface area contributed by atoms with Crippen molar-refractivity contribution in [1.29, 1.82) is 0 Å². The molecule has 1 N–H and O–H groups in total. The number of hydrogen-bond acceptors (Lipinski definition) is 5. The molecule has 32 heavy (non-hydrogen) atoms. The number of rotatable bonds is 7. The molecule has 2 aromatic carbocycles. The van der Waals surface area contributed by atoms with Crippen molar-refractivity contribution in [2.45, 2.75) is 19.4 Å². The molecule has 1 saturated heterocycles. The first kappa shape index (κ1) is 20.8. The van der Waals surface area contributed by atoms with E-state index in [9.17, 15) is 9.18 Å². The van der Waals surface area contributed by atoms with Crippen LogP contribution in [0.25, 0.3) is 22.2 Å². The summed E-state index contributed by atoms with van der Waals surface area (Å²) in [5.74, 6) is -0.352. The van der Waals surface area contributed by atoms with Gasteiger partial charge in [-0.25, -0.2) is 4.39 Å². The molecule has 0 atom stereocenters. The van der Waals surface area contributed by atoms with Crippen molar-refractivity contribution in [3.63, 3.8) is 0 Å². The fourth-order valence-corrected chi connectivity index (χ4v) is 4.87. The molecule has 0 spiro atoms. The number of nitrogens with zero attached hydrogens (tertiary/aromatic N) is 4. The first-order valence-corrected chi connectivity index (χ1v) is 11.7. The topological polar surface area (TPSA) is 65.1 Å². The van der Waals surface area contributed by atoms with Crippen molar-refractivity contribution in [3.8, 4) is 11.1 Å². The Kier molecular flexibility index (Phi) is 5.96. The third-order valence-corrected chi connectivity index (χ3v) is 6.82. The predicted octanol–water partition coefficient (Wildman–Crippen LogP) is 4.56. The molecule has 0 radical (unpaired) electrons. The molecule has 1 aliphatic heterocycles. The first-order valence-electron chi connectivity index (χ1n) is 10.8. The molecule has 1 fully saturated rings. The number of H-pyrrole nitrogens is 1. The maximum absolute atomic E-state index is 14.8. The van der Waals surface area contributed by atoms with Crippen LogP contribution in [0.2, 0.25) is 0 Å². The van der Waals surface area contributed by atoms with Crippen LogP contribution < -0.4 is 0 Å². The summed E-state index contributed by atoms with van der Waals surface area (Å²) in [6.07, 6.45) is 2.40. The molecule has 164 valence electrons. The van der Waals surface area contributed by atoms with E-state index in [1.54, 1.807) is 11.0 Å². The van der Waals surface area contributed by atoms with Crippen molar-refractivity contribution in [1.82, 2.24) is 25.2 Å². The van der Waals surface area contributed by atoms with Gasteiger partial charge >= 0.3 is 0 Å². The van der Waals surface area contributed by atoms with Crippen LogP contribution >= 0.6 is 11.3 Å². The van der Waals surface area contributed by atoms with Gasteiger partial charge in [0.25, 0.3) is 5.91 Å². The molecule has 0 bridgehead atoms. The number of likely N-dealkylation sites (tertiary alicyclic amines) is 1. The van der Waals surface area contributed by atoms with E-state index in [1.807, 2.05) is 41.8 Å². The van der Waals surface area contributed by atoms with Crippen molar-refractivity contribution >= 4 is 28.3 Å². The highest BCUT2D eigenvalue weighted by atomic mass is 32.1. The Labute approximate surface area is 189 Å². The summed E-state index contributed by atoms with van der Waals surface area (Å²) in [4.78, 5) is 18.0. The van der Waals surface area contributed by atoms with Gasteiger partial charge in [-0.05, 0) is 72.8 Å². The van der Waals surface area contributed by atoms with Crippen LogP contribution in [0.15, 0.2) is 53.9 Å². The zero-order valence-corrected chi connectivity index (χ0v) is 18.4. The number of nitrogens with one attached hydrogen (secondary N) is 1. The number of aromatic amines is 1. The molecular weight excluding hydrogens is 425 g/mol. The third kappa shape index (κ3) is 4.42. The molecule has 0 saturated carbocycles. The summed E-state index contributed by atoms with van der Waals surface area (Å²) >= 11 is 1.42. The minimum Gasteiger partial charge on any atom is -0.332 e. The highest BCUT2D eigenvalue weighted by Gasteiger charge is 2.21. The summed E-state index contributed by atoms with van der Waals surface area (Å²) in [5, 5.41) is 12.7. The van der Waals surface area contributed by atoms with E-state index >= 15 is 0 Å². The second kappa shape index (κ2) is 9.18. The van der Waals surface area contributed by atoms with Crippen molar-refractivity contribution in [3.05, 3.63) is 70.2 Å². The van der Waals surface area contributed by atoms with Crippen molar-refractivity contribution in [2.24, 2.45) is 0 Å². The maximum atomic E-state index is 14.8. The number of thiophene rings is 1. The lowest BCUT2D eigenvalue weighted by molar-refractivity contribution is 0.0730. The fraction of sp³-hybridized carbons (Fsp3) is 0.292. The summed E-state index contributed by atoms with van der Waals surface area (Å²) in [6.45, 7) is 3.74. The Hall–Kier alpha value is -3.10. The van der Waals surface area contributed by atoms with E-state index in [0.29, 0.717) is 17.0 Å². The maximum Gasteiger partial charge on any atom is 0.264 e. The molecule has 1 amide bonds. The molecule has 2 aromatic heterocycles. The average molecular weight is 450 g/mol. The molecule has 1 aliphatic rings. The summed E-state index contributed by atoms with van der Waals surface area (Å²) in [6, 6.07) is 14.5. The normalized spacial score (nSPS) is 14.3. The van der Waals surface area contributed by atoms with Crippen LogP contribution in [0.3, 0.4) is 0 Å². The Bertz CT molecular complexity index is 1220. The summed E-state index contributed by atoms with van der Waals surface area (Å²) in [5.41, 5.74) is 3.86. The molecular formula is C24H24FN5OS. The lowest BCUT2D eigenvalue weighted by atomic mass is 10.0. The minimum absolute atomic E-state index is 0.0481. The van der Waals surface area contributed by atoms with Crippen LogP contribution in [0.5, 0.6) is 0 Å².